The van der Waals surface area contributed by atoms with E-state index in [0.717, 1.165) is 11.4 Å². The molecule has 2 aromatic rings. The number of hydrogen-bond acceptors (Lipinski definition) is 5. The van der Waals surface area contributed by atoms with Crippen LogP contribution in [0.5, 0.6) is 0 Å². The molecule has 2 N–H and O–H groups in total. The van der Waals surface area contributed by atoms with Gasteiger partial charge in [0.2, 0.25) is 0 Å². The van der Waals surface area contributed by atoms with Crippen LogP contribution in [0.15, 0.2) is 30.7 Å². The molecule has 0 atom stereocenters. The highest BCUT2D eigenvalue weighted by Gasteiger charge is 2.19. The van der Waals surface area contributed by atoms with Crippen LogP contribution in [0.1, 0.15) is 42.5 Å². The third-order valence-corrected chi connectivity index (χ3v) is 2.93. The molecule has 0 aliphatic rings. The Kier molecular flexibility index (Phi) is 4.16. The topological polar surface area (TPSA) is 88.0 Å². The number of hydrogen-bond donors (Lipinski definition) is 2. The number of anilines is 1. The molecule has 110 valence electrons. The van der Waals surface area contributed by atoms with Gasteiger partial charge in [0, 0.05) is 17.3 Å². The summed E-state index contributed by atoms with van der Waals surface area (Å²) < 4.78 is 0. The molecule has 21 heavy (non-hydrogen) atoms. The van der Waals surface area contributed by atoms with Crippen LogP contribution in [0, 0.1) is 0 Å². The minimum Gasteiger partial charge on any atom is -0.478 e. The van der Waals surface area contributed by atoms with Gasteiger partial charge in [-0.1, -0.05) is 20.8 Å². The molecule has 0 fully saturated rings. The lowest BCUT2D eigenvalue weighted by Gasteiger charge is -2.19. The number of aromatic nitrogens is 3. The molecule has 0 saturated carbocycles. The number of nitrogens with zero attached hydrogens (tertiary/aromatic N) is 3. The predicted octanol–water partition coefficient (Wildman–Crippen LogP) is 2.48. The summed E-state index contributed by atoms with van der Waals surface area (Å²) in [6.45, 7) is 6.45. The van der Waals surface area contributed by atoms with Crippen molar-refractivity contribution in [1.29, 1.82) is 0 Å². The highest BCUT2D eigenvalue weighted by atomic mass is 16.4. The van der Waals surface area contributed by atoms with Crippen molar-refractivity contribution in [2.45, 2.75) is 32.7 Å². The molecule has 0 aliphatic carbocycles. The van der Waals surface area contributed by atoms with Gasteiger partial charge in [-0.3, -0.25) is 0 Å². The Morgan fingerprint density at radius 3 is 2.67 bits per heavy atom. The number of aromatic carboxylic acids is 1. The largest absolute Gasteiger partial charge is 0.478 e. The van der Waals surface area contributed by atoms with E-state index in [9.17, 15) is 9.90 Å². The first-order chi connectivity index (χ1) is 9.86. The van der Waals surface area contributed by atoms with Gasteiger partial charge >= 0.3 is 5.97 Å². The van der Waals surface area contributed by atoms with Crippen molar-refractivity contribution in [3.8, 4) is 0 Å². The van der Waals surface area contributed by atoms with Crippen LogP contribution < -0.4 is 5.32 Å². The molecule has 2 aromatic heterocycles. The van der Waals surface area contributed by atoms with Crippen LogP contribution in [0.4, 0.5) is 5.82 Å². The monoisotopic (exact) mass is 286 g/mol. The Hall–Kier alpha value is -2.50. The zero-order chi connectivity index (χ0) is 15.5. The molecule has 0 spiro atoms. The second-order valence-corrected chi connectivity index (χ2v) is 5.74. The molecule has 2 rings (SSSR count). The van der Waals surface area contributed by atoms with Crippen molar-refractivity contribution in [2.75, 3.05) is 5.32 Å². The Morgan fingerprint density at radius 1 is 1.33 bits per heavy atom. The van der Waals surface area contributed by atoms with Crippen LogP contribution in [-0.2, 0) is 12.0 Å². The SMILES string of the molecule is CC(C)(C)c1cc(C(=O)O)cc(NCc2ccncn2)n1. The van der Waals surface area contributed by atoms with Crippen molar-refractivity contribution in [3.63, 3.8) is 0 Å². The van der Waals surface area contributed by atoms with Crippen molar-refractivity contribution in [3.05, 3.63) is 47.7 Å². The minimum atomic E-state index is -0.965. The summed E-state index contributed by atoms with van der Waals surface area (Å²) in [5.74, 6) is -0.438. The van der Waals surface area contributed by atoms with Crippen molar-refractivity contribution in [2.24, 2.45) is 0 Å². The smallest absolute Gasteiger partial charge is 0.335 e. The molecule has 6 nitrogen and oxygen atoms in total. The highest BCUT2D eigenvalue weighted by Crippen LogP contribution is 2.23. The molecular weight excluding hydrogens is 268 g/mol. The summed E-state index contributed by atoms with van der Waals surface area (Å²) in [4.78, 5) is 23.7. The average molecular weight is 286 g/mol. The third kappa shape index (κ3) is 3.98. The minimum absolute atomic E-state index is 0.222. The van der Waals surface area contributed by atoms with Gasteiger partial charge in [0.25, 0.3) is 0 Å². The van der Waals surface area contributed by atoms with E-state index in [4.69, 9.17) is 0 Å². The Balaban J connectivity index is 2.26. The summed E-state index contributed by atoms with van der Waals surface area (Å²) >= 11 is 0. The highest BCUT2D eigenvalue weighted by molar-refractivity contribution is 5.88. The van der Waals surface area contributed by atoms with E-state index >= 15 is 0 Å². The van der Waals surface area contributed by atoms with E-state index in [1.807, 2.05) is 20.8 Å². The summed E-state index contributed by atoms with van der Waals surface area (Å²) in [6, 6.07) is 4.93. The van der Waals surface area contributed by atoms with E-state index in [1.54, 1.807) is 18.3 Å². The lowest BCUT2D eigenvalue weighted by Crippen LogP contribution is -2.16. The molecular formula is C15H18N4O2. The van der Waals surface area contributed by atoms with Crippen LogP contribution in [0.3, 0.4) is 0 Å². The maximum atomic E-state index is 11.2. The van der Waals surface area contributed by atoms with Gasteiger partial charge in [-0.2, -0.15) is 0 Å². The van der Waals surface area contributed by atoms with Gasteiger partial charge in [0.1, 0.15) is 12.1 Å². The number of pyridine rings is 1. The van der Waals surface area contributed by atoms with Gasteiger partial charge in [-0.05, 0) is 18.2 Å². The van der Waals surface area contributed by atoms with Gasteiger partial charge in [-0.15, -0.1) is 0 Å². The number of carboxylic acid groups (broad SMARTS) is 1. The summed E-state index contributed by atoms with van der Waals surface area (Å²) in [5.41, 5.74) is 1.54. The van der Waals surface area contributed by atoms with Crippen LogP contribution in [0.25, 0.3) is 0 Å². The molecule has 0 radical (unpaired) electrons. The zero-order valence-corrected chi connectivity index (χ0v) is 12.3. The predicted molar refractivity (Wildman–Crippen MR) is 79.3 cm³/mol. The summed E-state index contributed by atoms with van der Waals surface area (Å²) in [7, 11) is 0. The Bertz CT molecular complexity index is 636. The lowest BCUT2D eigenvalue weighted by atomic mass is 9.91. The summed E-state index contributed by atoms with van der Waals surface area (Å²) in [5, 5.41) is 12.3. The van der Waals surface area contributed by atoms with E-state index < -0.39 is 5.97 Å². The maximum absolute atomic E-state index is 11.2. The van der Waals surface area contributed by atoms with E-state index in [1.165, 1.54) is 12.4 Å². The van der Waals surface area contributed by atoms with Crippen molar-refractivity contribution in [1.82, 2.24) is 15.0 Å². The fraction of sp³-hybridized carbons (Fsp3) is 0.333. The molecule has 2 heterocycles. The van der Waals surface area contributed by atoms with Crippen LogP contribution in [-0.4, -0.2) is 26.0 Å². The van der Waals surface area contributed by atoms with Crippen LogP contribution in [0.2, 0.25) is 0 Å². The normalized spacial score (nSPS) is 11.2. The standard InChI is InChI=1S/C15H18N4O2/c1-15(2,3)12-6-10(14(20)21)7-13(19-12)17-8-11-4-5-16-9-18-11/h4-7,9H,8H2,1-3H3,(H,17,19)(H,20,21). The molecule has 0 saturated heterocycles. The first kappa shape index (κ1) is 14.9. The summed E-state index contributed by atoms with van der Waals surface area (Å²) in [6.07, 6.45) is 3.13. The number of nitrogens with one attached hydrogen (secondary N) is 1. The van der Waals surface area contributed by atoms with Gasteiger partial charge in [0.15, 0.2) is 0 Å². The number of carbonyl (C=O) groups is 1. The number of carboxylic acids is 1. The molecule has 6 heteroatoms. The molecule has 0 aliphatic heterocycles. The van der Waals surface area contributed by atoms with Gasteiger partial charge in [0.05, 0.1) is 17.8 Å². The van der Waals surface area contributed by atoms with E-state index in [2.05, 4.69) is 20.3 Å². The Labute approximate surface area is 123 Å². The second kappa shape index (κ2) is 5.87. The van der Waals surface area contributed by atoms with Gasteiger partial charge < -0.3 is 10.4 Å². The van der Waals surface area contributed by atoms with Crippen LogP contribution >= 0.6 is 0 Å². The fourth-order valence-corrected chi connectivity index (χ4v) is 1.73. The van der Waals surface area contributed by atoms with E-state index in [0.29, 0.717) is 12.4 Å². The lowest BCUT2D eigenvalue weighted by molar-refractivity contribution is 0.0696. The average Bonchev–Trinajstić information content (AvgIpc) is 2.45. The molecule has 0 amide bonds. The Morgan fingerprint density at radius 2 is 2.10 bits per heavy atom. The quantitative estimate of drug-likeness (QED) is 0.897. The first-order valence-electron chi connectivity index (χ1n) is 6.61. The maximum Gasteiger partial charge on any atom is 0.335 e. The van der Waals surface area contributed by atoms with Gasteiger partial charge in [-0.25, -0.2) is 19.7 Å². The second-order valence-electron chi connectivity index (χ2n) is 5.74. The third-order valence-electron chi connectivity index (χ3n) is 2.93. The van der Waals surface area contributed by atoms with Crippen molar-refractivity contribution >= 4 is 11.8 Å². The molecule has 0 bridgehead atoms. The molecule has 0 aromatic carbocycles. The fourth-order valence-electron chi connectivity index (χ4n) is 1.73. The number of rotatable bonds is 4. The molecule has 0 unspecified atom stereocenters. The first-order valence-corrected chi connectivity index (χ1v) is 6.61. The van der Waals surface area contributed by atoms with E-state index in [-0.39, 0.29) is 11.0 Å². The zero-order valence-electron chi connectivity index (χ0n) is 12.3. The van der Waals surface area contributed by atoms with Crippen molar-refractivity contribution < 1.29 is 9.90 Å².